The Labute approximate surface area is 133 Å². The molecule has 0 unspecified atom stereocenters. The third-order valence-electron chi connectivity index (χ3n) is 5.97. The highest BCUT2D eigenvalue weighted by Crippen LogP contribution is 2.45. The quantitative estimate of drug-likeness (QED) is 0.825. The van der Waals surface area contributed by atoms with Gasteiger partial charge in [0.05, 0.1) is 0 Å². The number of likely N-dealkylation sites (tertiary alicyclic amines) is 1. The summed E-state index contributed by atoms with van der Waals surface area (Å²) < 4.78 is 18.6. The molecule has 122 valence electrons. The fraction of sp³-hybridized carbons (Fsp3) is 0.684. The topological polar surface area (TPSA) is 12.5 Å². The molecular formula is C19H28FNO. The van der Waals surface area contributed by atoms with Crippen LogP contribution in [0.1, 0.15) is 44.6 Å². The fourth-order valence-electron chi connectivity index (χ4n) is 4.38. The van der Waals surface area contributed by atoms with E-state index in [-0.39, 0.29) is 5.82 Å². The zero-order valence-electron chi connectivity index (χ0n) is 13.7. The Morgan fingerprint density at radius 2 is 1.77 bits per heavy atom. The van der Waals surface area contributed by atoms with Crippen molar-refractivity contribution in [3.63, 3.8) is 0 Å². The summed E-state index contributed by atoms with van der Waals surface area (Å²) in [6.45, 7) is 7.55. The predicted molar refractivity (Wildman–Crippen MR) is 87.2 cm³/mol. The first-order valence-electron chi connectivity index (χ1n) is 8.76. The van der Waals surface area contributed by atoms with Crippen molar-refractivity contribution in [2.45, 2.75) is 45.6 Å². The molecule has 2 heterocycles. The van der Waals surface area contributed by atoms with E-state index in [9.17, 15) is 4.39 Å². The molecule has 0 aliphatic carbocycles. The Morgan fingerprint density at radius 1 is 1.14 bits per heavy atom. The maximum absolute atomic E-state index is 13.0. The van der Waals surface area contributed by atoms with Crippen molar-refractivity contribution in [2.24, 2.45) is 11.3 Å². The van der Waals surface area contributed by atoms with Gasteiger partial charge in [0.15, 0.2) is 0 Å². The van der Waals surface area contributed by atoms with Crippen LogP contribution in [0.2, 0.25) is 0 Å². The highest BCUT2D eigenvalue weighted by Gasteiger charge is 2.39. The number of benzene rings is 1. The van der Waals surface area contributed by atoms with Crippen LogP contribution in [-0.2, 0) is 11.3 Å². The molecule has 0 aromatic heterocycles. The van der Waals surface area contributed by atoms with Crippen LogP contribution in [0.25, 0.3) is 0 Å². The molecule has 2 aliphatic heterocycles. The third-order valence-corrected chi connectivity index (χ3v) is 5.97. The van der Waals surface area contributed by atoms with Crippen LogP contribution in [0.4, 0.5) is 4.39 Å². The molecule has 1 aromatic rings. The standard InChI is InChI=1S/C19H28FNO/c1-2-19(9-13-22-14-10-19)17-7-11-21(12-8-17)15-16-3-5-18(20)6-4-16/h3-6,17H,2,7-15H2,1H3. The molecule has 2 nitrogen and oxygen atoms in total. The van der Waals surface area contributed by atoms with Crippen LogP contribution in [0.3, 0.4) is 0 Å². The normalized spacial score (nSPS) is 23.5. The lowest BCUT2D eigenvalue weighted by Gasteiger charge is -2.46. The van der Waals surface area contributed by atoms with Gasteiger partial charge in [0.2, 0.25) is 0 Å². The summed E-state index contributed by atoms with van der Waals surface area (Å²) in [6.07, 6.45) is 6.38. The van der Waals surface area contributed by atoms with Gasteiger partial charge < -0.3 is 4.74 Å². The number of hydrogen-bond donors (Lipinski definition) is 0. The first kappa shape index (κ1) is 15.9. The largest absolute Gasteiger partial charge is 0.381 e. The van der Waals surface area contributed by atoms with E-state index in [4.69, 9.17) is 4.74 Å². The van der Waals surface area contributed by atoms with Crippen LogP contribution in [-0.4, -0.2) is 31.2 Å². The van der Waals surface area contributed by atoms with Gasteiger partial charge in [-0.05, 0) is 67.8 Å². The van der Waals surface area contributed by atoms with Crippen LogP contribution >= 0.6 is 0 Å². The fourth-order valence-corrected chi connectivity index (χ4v) is 4.38. The number of nitrogens with zero attached hydrogens (tertiary/aromatic N) is 1. The van der Waals surface area contributed by atoms with E-state index in [0.29, 0.717) is 5.41 Å². The summed E-state index contributed by atoms with van der Waals surface area (Å²) in [7, 11) is 0. The van der Waals surface area contributed by atoms with Gasteiger partial charge >= 0.3 is 0 Å². The van der Waals surface area contributed by atoms with Crippen molar-refractivity contribution in [3.8, 4) is 0 Å². The van der Waals surface area contributed by atoms with Gasteiger partial charge in [0.1, 0.15) is 5.82 Å². The maximum atomic E-state index is 13.0. The second kappa shape index (κ2) is 7.10. The van der Waals surface area contributed by atoms with E-state index in [1.54, 1.807) is 12.1 Å². The molecule has 3 heteroatoms. The van der Waals surface area contributed by atoms with Crippen LogP contribution in [0.5, 0.6) is 0 Å². The minimum atomic E-state index is -0.146. The van der Waals surface area contributed by atoms with E-state index in [2.05, 4.69) is 11.8 Å². The highest BCUT2D eigenvalue weighted by atomic mass is 19.1. The van der Waals surface area contributed by atoms with Gasteiger partial charge in [-0.15, -0.1) is 0 Å². The molecule has 0 amide bonds. The lowest BCUT2D eigenvalue weighted by molar-refractivity contribution is -0.0391. The summed E-state index contributed by atoms with van der Waals surface area (Å²) in [5, 5.41) is 0. The smallest absolute Gasteiger partial charge is 0.123 e. The summed E-state index contributed by atoms with van der Waals surface area (Å²) in [4.78, 5) is 2.52. The van der Waals surface area contributed by atoms with Gasteiger partial charge in [-0.2, -0.15) is 0 Å². The summed E-state index contributed by atoms with van der Waals surface area (Å²) in [5.41, 5.74) is 1.75. The molecule has 0 bridgehead atoms. The summed E-state index contributed by atoms with van der Waals surface area (Å²) in [5.74, 6) is 0.706. The van der Waals surface area contributed by atoms with E-state index < -0.39 is 0 Å². The Balaban J connectivity index is 1.54. The van der Waals surface area contributed by atoms with Gasteiger partial charge in [-0.25, -0.2) is 4.39 Å². The molecule has 0 spiro atoms. The number of piperidine rings is 1. The van der Waals surface area contributed by atoms with E-state index in [1.807, 2.05) is 12.1 Å². The molecule has 2 fully saturated rings. The molecule has 0 N–H and O–H groups in total. The number of rotatable bonds is 4. The lowest BCUT2D eigenvalue weighted by atomic mass is 9.65. The molecule has 1 aromatic carbocycles. The molecular weight excluding hydrogens is 277 g/mol. The zero-order chi connectivity index (χ0) is 15.4. The van der Waals surface area contributed by atoms with Crippen LogP contribution in [0, 0.1) is 17.2 Å². The van der Waals surface area contributed by atoms with E-state index in [0.717, 1.165) is 25.7 Å². The van der Waals surface area contributed by atoms with Gasteiger partial charge in [0.25, 0.3) is 0 Å². The minimum Gasteiger partial charge on any atom is -0.381 e. The average molecular weight is 305 g/mol. The van der Waals surface area contributed by atoms with Crippen LogP contribution in [0.15, 0.2) is 24.3 Å². The number of halogens is 1. The summed E-state index contributed by atoms with van der Waals surface area (Å²) in [6, 6.07) is 6.95. The monoisotopic (exact) mass is 305 g/mol. The summed E-state index contributed by atoms with van der Waals surface area (Å²) >= 11 is 0. The number of hydrogen-bond acceptors (Lipinski definition) is 2. The van der Waals surface area contributed by atoms with Crippen molar-refractivity contribution in [1.82, 2.24) is 4.90 Å². The molecule has 2 aliphatic rings. The SMILES string of the molecule is CCC1(C2CCN(Cc3ccc(F)cc3)CC2)CCOCC1. The molecule has 2 saturated heterocycles. The molecule has 3 rings (SSSR count). The molecule has 0 radical (unpaired) electrons. The third kappa shape index (κ3) is 3.52. The van der Waals surface area contributed by atoms with Crippen molar-refractivity contribution in [2.75, 3.05) is 26.3 Å². The van der Waals surface area contributed by atoms with Crippen LogP contribution < -0.4 is 0 Å². The molecule has 0 atom stereocenters. The number of ether oxygens (including phenoxy) is 1. The molecule has 22 heavy (non-hydrogen) atoms. The Morgan fingerprint density at radius 3 is 2.36 bits per heavy atom. The highest BCUT2D eigenvalue weighted by molar-refractivity contribution is 5.16. The first-order chi connectivity index (χ1) is 10.7. The van der Waals surface area contributed by atoms with Crippen molar-refractivity contribution < 1.29 is 9.13 Å². The zero-order valence-corrected chi connectivity index (χ0v) is 13.7. The predicted octanol–water partition coefficient (Wildman–Crippen LogP) is 4.24. The van der Waals surface area contributed by atoms with Gasteiger partial charge in [-0.1, -0.05) is 25.5 Å². The molecule has 0 saturated carbocycles. The minimum absolute atomic E-state index is 0.146. The van der Waals surface area contributed by atoms with Crippen molar-refractivity contribution >= 4 is 0 Å². The first-order valence-corrected chi connectivity index (χ1v) is 8.76. The Bertz CT molecular complexity index is 459. The van der Waals surface area contributed by atoms with Crippen molar-refractivity contribution in [3.05, 3.63) is 35.6 Å². The second-order valence-electron chi connectivity index (χ2n) is 7.01. The van der Waals surface area contributed by atoms with E-state index >= 15 is 0 Å². The van der Waals surface area contributed by atoms with E-state index in [1.165, 1.54) is 50.8 Å². The van der Waals surface area contributed by atoms with Gasteiger partial charge in [-0.3, -0.25) is 4.90 Å². The average Bonchev–Trinajstić information content (AvgIpc) is 2.58. The van der Waals surface area contributed by atoms with Gasteiger partial charge in [0, 0.05) is 19.8 Å². The second-order valence-corrected chi connectivity index (χ2v) is 7.01. The maximum Gasteiger partial charge on any atom is 0.123 e. The lowest BCUT2D eigenvalue weighted by Crippen LogP contribution is -2.43. The Hall–Kier alpha value is -0.930. The Kier molecular flexibility index (Phi) is 5.14. The van der Waals surface area contributed by atoms with Crippen molar-refractivity contribution in [1.29, 1.82) is 0 Å².